The fourth-order valence-electron chi connectivity index (χ4n) is 4.63. The van der Waals surface area contributed by atoms with Crippen molar-refractivity contribution < 1.29 is 0 Å². The van der Waals surface area contributed by atoms with E-state index in [9.17, 15) is 0 Å². The lowest BCUT2D eigenvalue weighted by atomic mass is 10.1. The van der Waals surface area contributed by atoms with Crippen molar-refractivity contribution in [3.05, 3.63) is 149 Å². The number of hydrogen-bond donors (Lipinski definition) is 0. The summed E-state index contributed by atoms with van der Waals surface area (Å²) in [6.07, 6.45) is 0.931. The van der Waals surface area contributed by atoms with E-state index in [1.165, 1.54) is 27.0 Å². The third-order valence-corrected chi connectivity index (χ3v) is 11.4. The number of benzene rings is 5. The van der Waals surface area contributed by atoms with E-state index >= 15 is 0 Å². The maximum Gasteiger partial charge on any atom is 0.117 e. The van der Waals surface area contributed by atoms with Crippen molar-refractivity contribution in [1.29, 1.82) is 0 Å². The van der Waals surface area contributed by atoms with Crippen LogP contribution in [0.2, 0.25) is 10.0 Å². The number of rotatable bonds is 6. The van der Waals surface area contributed by atoms with Crippen LogP contribution >= 0.6 is 30.5 Å². The Morgan fingerprint density at radius 2 is 1.03 bits per heavy atom. The van der Waals surface area contributed by atoms with Crippen molar-refractivity contribution in [2.75, 3.05) is 0 Å². The molecule has 0 heterocycles. The van der Waals surface area contributed by atoms with Gasteiger partial charge in [-0.2, -0.15) is 0 Å². The van der Waals surface area contributed by atoms with E-state index in [-0.39, 0.29) is 0 Å². The van der Waals surface area contributed by atoms with Crippen LogP contribution in [0.3, 0.4) is 0 Å². The Balaban J connectivity index is 1.85. The van der Waals surface area contributed by atoms with E-state index < -0.39 is 7.26 Å². The normalized spacial score (nSPS) is 11.4. The molecule has 0 aliphatic heterocycles. The molecule has 3 heteroatoms. The maximum atomic E-state index is 6.47. The molecule has 0 nitrogen and oxygen atoms in total. The van der Waals surface area contributed by atoms with E-state index in [1.807, 2.05) is 12.1 Å². The van der Waals surface area contributed by atoms with E-state index in [0.29, 0.717) is 10.0 Å². The zero-order chi connectivity index (χ0) is 23.4. The van der Waals surface area contributed by atoms with Gasteiger partial charge in [0.1, 0.15) is 23.2 Å². The predicted molar refractivity (Wildman–Crippen MR) is 151 cm³/mol. The summed E-state index contributed by atoms with van der Waals surface area (Å²) in [6.45, 7) is 0. The van der Waals surface area contributed by atoms with Crippen molar-refractivity contribution in [3.63, 3.8) is 0 Å². The van der Waals surface area contributed by atoms with Gasteiger partial charge in [0.15, 0.2) is 0 Å². The molecule has 0 bridgehead atoms. The topological polar surface area (TPSA) is 0 Å². The second kappa shape index (κ2) is 10.2. The highest BCUT2D eigenvalue weighted by molar-refractivity contribution is 7.95. The van der Waals surface area contributed by atoms with Crippen LogP contribution in [-0.2, 0) is 6.16 Å². The summed E-state index contributed by atoms with van der Waals surface area (Å²) in [5.41, 5.74) is 3.60. The number of halogens is 2. The molecule has 0 aliphatic rings. The van der Waals surface area contributed by atoms with Crippen LogP contribution in [0.4, 0.5) is 0 Å². The standard InChI is InChI=1S/C31H24Cl2P/c32-29-21-20-25(22-30(29)33)28-18-10-11-19-31(28)34(26-14-6-2-7-15-26,27-16-8-3-9-17-27)23-24-12-4-1-5-13-24/h1-22H,23H2/q+1. The van der Waals surface area contributed by atoms with Gasteiger partial charge in [0.25, 0.3) is 0 Å². The van der Waals surface area contributed by atoms with Gasteiger partial charge in [0.2, 0.25) is 0 Å². The monoisotopic (exact) mass is 497 g/mol. The van der Waals surface area contributed by atoms with Crippen LogP contribution in [-0.4, -0.2) is 0 Å². The summed E-state index contributed by atoms with van der Waals surface area (Å²) in [5.74, 6) is 0. The van der Waals surface area contributed by atoms with Crippen molar-refractivity contribution in [2.45, 2.75) is 6.16 Å². The van der Waals surface area contributed by atoms with Gasteiger partial charge in [-0.1, -0.05) is 114 Å². The molecular weight excluding hydrogens is 474 g/mol. The minimum Gasteiger partial charge on any atom is -0.0827 e. The largest absolute Gasteiger partial charge is 0.117 e. The fraction of sp³-hybridized carbons (Fsp3) is 0.0323. The lowest BCUT2D eigenvalue weighted by Crippen LogP contribution is -2.33. The summed E-state index contributed by atoms with van der Waals surface area (Å²) < 4.78 is 0. The van der Waals surface area contributed by atoms with Crippen LogP contribution in [0.1, 0.15) is 5.56 Å². The molecule has 0 amide bonds. The van der Waals surface area contributed by atoms with Gasteiger partial charge in [-0.25, -0.2) is 0 Å². The summed E-state index contributed by atoms with van der Waals surface area (Å²) in [5, 5.41) is 5.20. The van der Waals surface area contributed by atoms with Crippen LogP contribution in [0.25, 0.3) is 11.1 Å². The zero-order valence-corrected chi connectivity index (χ0v) is 21.0. The second-order valence-corrected chi connectivity index (χ2v) is 12.5. The molecule has 0 N–H and O–H groups in total. The van der Waals surface area contributed by atoms with E-state index in [0.717, 1.165) is 11.7 Å². The van der Waals surface area contributed by atoms with Gasteiger partial charge in [0.05, 0.1) is 16.2 Å². The van der Waals surface area contributed by atoms with E-state index in [1.54, 1.807) is 0 Å². The molecule has 0 aromatic heterocycles. The third kappa shape index (κ3) is 4.42. The quantitative estimate of drug-likeness (QED) is 0.207. The first-order valence-corrected chi connectivity index (χ1v) is 14.0. The van der Waals surface area contributed by atoms with Crippen molar-refractivity contribution in [1.82, 2.24) is 0 Å². The SMILES string of the molecule is Clc1ccc(-c2ccccc2[P+](Cc2ccccc2)(c2ccccc2)c2ccccc2)cc1Cl. The first kappa shape index (κ1) is 22.9. The minimum atomic E-state index is -2.08. The zero-order valence-electron chi connectivity index (χ0n) is 18.6. The van der Waals surface area contributed by atoms with Crippen molar-refractivity contribution in [2.24, 2.45) is 0 Å². The molecule has 5 aromatic rings. The molecule has 0 saturated heterocycles. The Bertz CT molecular complexity index is 1340. The molecule has 0 spiro atoms. The van der Waals surface area contributed by atoms with Gasteiger partial charge in [-0.3, -0.25) is 0 Å². The highest BCUT2D eigenvalue weighted by Crippen LogP contribution is 2.59. The summed E-state index contributed by atoms with van der Waals surface area (Å²) in [6, 6.07) is 47.5. The lowest BCUT2D eigenvalue weighted by Gasteiger charge is -2.29. The molecule has 5 aromatic carbocycles. The molecule has 0 radical (unpaired) electrons. The van der Waals surface area contributed by atoms with Crippen LogP contribution in [0, 0.1) is 0 Å². The highest BCUT2D eigenvalue weighted by Gasteiger charge is 2.47. The molecule has 5 rings (SSSR count). The van der Waals surface area contributed by atoms with Gasteiger partial charge in [-0.05, 0) is 53.6 Å². The van der Waals surface area contributed by atoms with E-state index in [4.69, 9.17) is 23.2 Å². The summed E-state index contributed by atoms with van der Waals surface area (Å²) in [4.78, 5) is 0. The maximum absolute atomic E-state index is 6.47. The smallest absolute Gasteiger partial charge is 0.0827 e. The Kier molecular flexibility index (Phi) is 6.84. The Morgan fingerprint density at radius 1 is 0.500 bits per heavy atom. The Labute approximate surface area is 212 Å². The third-order valence-electron chi connectivity index (χ3n) is 6.20. The summed E-state index contributed by atoms with van der Waals surface area (Å²) in [7, 11) is -2.08. The second-order valence-electron chi connectivity index (χ2n) is 8.27. The van der Waals surface area contributed by atoms with Crippen LogP contribution in [0.15, 0.2) is 133 Å². The first-order valence-electron chi connectivity index (χ1n) is 11.3. The molecule has 166 valence electrons. The molecular formula is C31H24Cl2P+. The summed E-state index contributed by atoms with van der Waals surface area (Å²) >= 11 is 12.7. The van der Waals surface area contributed by atoms with Gasteiger partial charge < -0.3 is 0 Å². The Hall–Kier alpha value is -2.89. The number of hydrogen-bond acceptors (Lipinski definition) is 0. The average Bonchev–Trinajstić information content (AvgIpc) is 2.90. The lowest BCUT2D eigenvalue weighted by molar-refractivity contribution is 1.39. The predicted octanol–water partition coefficient (Wildman–Crippen LogP) is 8.15. The molecule has 0 aliphatic carbocycles. The molecule has 0 atom stereocenters. The molecule has 0 saturated carbocycles. The van der Waals surface area contributed by atoms with Gasteiger partial charge >= 0.3 is 0 Å². The molecule has 0 fully saturated rings. The van der Waals surface area contributed by atoms with Crippen molar-refractivity contribution >= 4 is 46.4 Å². The van der Waals surface area contributed by atoms with Crippen LogP contribution in [0.5, 0.6) is 0 Å². The van der Waals surface area contributed by atoms with Crippen molar-refractivity contribution in [3.8, 4) is 11.1 Å². The fourth-order valence-corrected chi connectivity index (χ4v) is 9.40. The first-order chi connectivity index (χ1) is 16.7. The van der Waals surface area contributed by atoms with Crippen LogP contribution < -0.4 is 15.9 Å². The molecule has 0 unspecified atom stereocenters. The Morgan fingerprint density at radius 3 is 1.62 bits per heavy atom. The van der Waals surface area contributed by atoms with Gasteiger partial charge in [0, 0.05) is 5.56 Å². The van der Waals surface area contributed by atoms with E-state index in [2.05, 4.69) is 121 Å². The highest BCUT2D eigenvalue weighted by atomic mass is 35.5. The molecule has 34 heavy (non-hydrogen) atoms. The van der Waals surface area contributed by atoms with Gasteiger partial charge in [-0.15, -0.1) is 0 Å². The minimum absolute atomic E-state index is 0.569. The average molecular weight is 498 g/mol.